The summed E-state index contributed by atoms with van der Waals surface area (Å²) < 4.78 is 5.87. The minimum Gasteiger partial charge on any atom is -0.457 e. The second kappa shape index (κ2) is 5.52. The lowest BCUT2D eigenvalue weighted by Gasteiger charge is -2.26. The van der Waals surface area contributed by atoms with Crippen molar-refractivity contribution in [1.29, 1.82) is 0 Å². The summed E-state index contributed by atoms with van der Waals surface area (Å²) in [6.07, 6.45) is 2.56. The quantitative estimate of drug-likeness (QED) is 0.697. The maximum atomic E-state index is 11.3. The highest BCUT2D eigenvalue weighted by Crippen LogP contribution is 2.35. The molecule has 2 aromatic carbocycles. The largest absolute Gasteiger partial charge is 0.457 e. The molecule has 0 radical (unpaired) electrons. The first kappa shape index (κ1) is 14.1. The summed E-state index contributed by atoms with van der Waals surface area (Å²) >= 11 is 0. The number of carbonyl (C=O) groups excluding carboxylic acids is 1. The molecule has 22 heavy (non-hydrogen) atoms. The predicted octanol–water partition coefficient (Wildman–Crippen LogP) is 3.21. The van der Waals surface area contributed by atoms with Gasteiger partial charge in [0.2, 0.25) is 0 Å². The summed E-state index contributed by atoms with van der Waals surface area (Å²) in [6, 6.07) is 10.7. The first-order valence-electron chi connectivity index (χ1n) is 6.98. The number of aliphatic imine (C=N–C) groups is 1. The van der Waals surface area contributed by atoms with Crippen LogP contribution in [-0.4, -0.2) is 24.6 Å². The summed E-state index contributed by atoms with van der Waals surface area (Å²) in [5.41, 5.74) is 9.13. The maximum Gasteiger partial charge on any atom is 0.147 e. The number of hydrogen-bond acceptors (Lipinski definition) is 5. The fraction of sp³-hybridized carbons (Fsp3) is 0.176. The van der Waals surface area contributed by atoms with Crippen LogP contribution in [0.4, 0.5) is 11.4 Å². The molecule has 1 unspecified atom stereocenters. The van der Waals surface area contributed by atoms with Gasteiger partial charge in [0.25, 0.3) is 0 Å². The molecule has 0 saturated heterocycles. The molecule has 2 aromatic rings. The summed E-state index contributed by atoms with van der Waals surface area (Å²) in [7, 11) is 1.82. The van der Waals surface area contributed by atoms with E-state index in [1.54, 1.807) is 11.2 Å². The van der Waals surface area contributed by atoms with Gasteiger partial charge in [0.15, 0.2) is 0 Å². The molecule has 2 N–H and O–H groups in total. The van der Waals surface area contributed by atoms with E-state index in [2.05, 4.69) is 4.99 Å². The number of benzene rings is 2. The van der Waals surface area contributed by atoms with Crippen molar-refractivity contribution in [1.82, 2.24) is 4.90 Å². The molecule has 3 rings (SSSR count). The first-order valence-corrected chi connectivity index (χ1v) is 6.98. The Morgan fingerprint density at radius 3 is 2.68 bits per heavy atom. The van der Waals surface area contributed by atoms with Gasteiger partial charge in [-0.2, -0.15) is 0 Å². The molecule has 0 aliphatic carbocycles. The zero-order valence-electron chi connectivity index (χ0n) is 12.5. The lowest BCUT2D eigenvalue weighted by atomic mass is 10.0. The molecule has 1 atom stereocenters. The van der Waals surface area contributed by atoms with Crippen molar-refractivity contribution in [2.45, 2.75) is 13.0 Å². The van der Waals surface area contributed by atoms with Crippen LogP contribution in [0.15, 0.2) is 41.4 Å². The van der Waals surface area contributed by atoms with Crippen molar-refractivity contribution in [3.05, 3.63) is 47.5 Å². The highest BCUT2D eigenvalue weighted by atomic mass is 16.5. The van der Waals surface area contributed by atoms with Crippen molar-refractivity contribution in [2.24, 2.45) is 4.99 Å². The Kier molecular flexibility index (Phi) is 3.55. The molecule has 1 aliphatic heterocycles. The zero-order chi connectivity index (χ0) is 15.7. The number of nitrogen functional groups attached to an aromatic ring is 1. The Balaban J connectivity index is 1.93. The summed E-state index contributed by atoms with van der Waals surface area (Å²) in [4.78, 5) is 17.4. The van der Waals surface area contributed by atoms with Gasteiger partial charge in [-0.25, -0.2) is 4.99 Å². The van der Waals surface area contributed by atoms with Gasteiger partial charge in [-0.1, -0.05) is 0 Å². The molecule has 1 heterocycles. The molecular formula is C17H17N3O2. The number of nitrogens with two attached hydrogens (primary N) is 1. The minimum absolute atomic E-state index is 0.343. The van der Waals surface area contributed by atoms with E-state index in [-0.39, 0.29) is 6.04 Å². The van der Waals surface area contributed by atoms with E-state index in [9.17, 15) is 4.79 Å². The standard InChI is InChI=1S/C17H17N3O2/c1-11-7-12(3-5-15(11)18)22-13-4-6-16-14(8-13)17(9-21)20(2)10-19-16/h3-10,17H,18H2,1-2H3. The van der Waals surface area contributed by atoms with E-state index in [1.807, 2.05) is 50.4 Å². The molecular weight excluding hydrogens is 278 g/mol. The lowest BCUT2D eigenvalue weighted by molar-refractivity contribution is -0.111. The predicted molar refractivity (Wildman–Crippen MR) is 86.8 cm³/mol. The van der Waals surface area contributed by atoms with E-state index >= 15 is 0 Å². The third-order valence-corrected chi connectivity index (χ3v) is 3.74. The fourth-order valence-electron chi connectivity index (χ4n) is 2.41. The van der Waals surface area contributed by atoms with Gasteiger partial charge in [0.05, 0.1) is 12.0 Å². The molecule has 112 valence electrons. The Hall–Kier alpha value is -2.82. The van der Waals surface area contributed by atoms with Crippen LogP contribution < -0.4 is 10.5 Å². The lowest BCUT2D eigenvalue weighted by Crippen LogP contribution is -2.26. The van der Waals surface area contributed by atoms with Crippen molar-refractivity contribution in [3.8, 4) is 11.5 Å². The van der Waals surface area contributed by atoms with Crippen molar-refractivity contribution < 1.29 is 9.53 Å². The summed E-state index contributed by atoms with van der Waals surface area (Å²) in [5.74, 6) is 1.38. The van der Waals surface area contributed by atoms with Gasteiger partial charge >= 0.3 is 0 Å². The van der Waals surface area contributed by atoms with Crippen LogP contribution in [0.5, 0.6) is 11.5 Å². The average molecular weight is 295 g/mol. The number of anilines is 1. The van der Waals surface area contributed by atoms with Crippen LogP contribution in [0.1, 0.15) is 17.2 Å². The molecule has 5 nitrogen and oxygen atoms in total. The molecule has 0 saturated carbocycles. The number of aldehydes is 1. The molecule has 0 bridgehead atoms. The van der Waals surface area contributed by atoms with Crippen LogP contribution in [0.2, 0.25) is 0 Å². The van der Waals surface area contributed by atoms with Gasteiger partial charge in [-0.3, -0.25) is 0 Å². The highest BCUT2D eigenvalue weighted by molar-refractivity contribution is 5.78. The maximum absolute atomic E-state index is 11.3. The van der Waals surface area contributed by atoms with Crippen molar-refractivity contribution in [2.75, 3.05) is 12.8 Å². The smallest absolute Gasteiger partial charge is 0.147 e. The topological polar surface area (TPSA) is 67.9 Å². The molecule has 1 aliphatic rings. The Labute approximate surface area is 129 Å². The van der Waals surface area contributed by atoms with Crippen molar-refractivity contribution >= 4 is 24.0 Å². The molecule has 0 fully saturated rings. The van der Waals surface area contributed by atoms with E-state index in [0.717, 1.165) is 28.8 Å². The number of carbonyl (C=O) groups is 1. The van der Waals surface area contributed by atoms with E-state index in [0.29, 0.717) is 11.5 Å². The number of nitrogens with zero attached hydrogens (tertiary/aromatic N) is 2. The van der Waals surface area contributed by atoms with Gasteiger partial charge < -0.3 is 20.2 Å². The van der Waals surface area contributed by atoms with Crippen LogP contribution in [0, 0.1) is 6.92 Å². The normalized spacial score (nSPS) is 16.3. The third kappa shape index (κ3) is 2.53. The molecule has 0 spiro atoms. The molecule has 5 heteroatoms. The van der Waals surface area contributed by atoms with E-state index in [4.69, 9.17) is 10.5 Å². The van der Waals surface area contributed by atoms with Gasteiger partial charge in [0, 0.05) is 18.3 Å². The average Bonchev–Trinajstić information content (AvgIpc) is 2.51. The SMILES string of the molecule is Cc1cc(Oc2ccc3c(c2)C(C=O)N(C)C=N3)ccc1N. The van der Waals surface area contributed by atoms with Crippen LogP contribution in [-0.2, 0) is 4.79 Å². The van der Waals surface area contributed by atoms with Crippen LogP contribution in [0.3, 0.4) is 0 Å². The number of likely N-dealkylation sites (N-methyl/N-ethyl adjacent to an activating group) is 1. The van der Waals surface area contributed by atoms with Crippen LogP contribution in [0.25, 0.3) is 0 Å². The van der Waals surface area contributed by atoms with Crippen LogP contribution >= 0.6 is 0 Å². The van der Waals surface area contributed by atoms with Gasteiger partial charge in [0.1, 0.15) is 23.8 Å². The zero-order valence-corrected chi connectivity index (χ0v) is 12.5. The summed E-state index contributed by atoms with van der Waals surface area (Å²) in [5, 5.41) is 0. The van der Waals surface area contributed by atoms with Gasteiger partial charge in [-0.15, -0.1) is 0 Å². The number of ether oxygens (including phenoxy) is 1. The van der Waals surface area contributed by atoms with Gasteiger partial charge in [-0.05, 0) is 48.9 Å². The number of rotatable bonds is 3. The van der Waals surface area contributed by atoms with E-state index < -0.39 is 0 Å². The second-order valence-electron chi connectivity index (χ2n) is 5.33. The molecule has 0 amide bonds. The fourth-order valence-corrected chi connectivity index (χ4v) is 2.41. The summed E-state index contributed by atoms with van der Waals surface area (Å²) in [6.45, 7) is 1.93. The first-order chi connectivity index (χ1) is 10.6. The minimum atomic E-state index is -0.343. The van der Waals surface area contributed by atoms with Crippen molar-refractivity contribution in [3.63, 3.8) is 0 Å². The number of aryl methyl sites for hydroxylation is 1. The van der Waals surface area contributed by atoms with E-state index in [1.165, 1.54) is 0 Å². The monoisotopic (exact) mass is 295 g/mol. The Bertz CT molecular complexity index is 756. The Morgan fingerprint density at radius 1 is 1.23 bits per heavy atom. The second-order valence-corrected chi connectivity index (χ2v) is 5.33. The Morgan fingerprint density at radius 2 is 1.95 bits per heavy atom. The molecule has 0 aromatic heterocycles. The third-order valence-electron chi connectivity index (χ3n) is 3.74. The highest BCUT2D eigenvalue weighted by Gasteiger charge is 2.22. The number of fused-ring (bicyclic) bond motifs is 1. The number of hydrogen-bond donors (Lipinski definition) is 1.